The van der Waals surface area contributed by atoms with Crippen molar-refractivity contribution in [2.45, 2.75) is 65.8 Å². The Morgan fingerprint density at radius 3 is 2.09 bits per heavy atom. The maximum absolute atomic E-state index is 13.8. The van der Waals surface area contributed by atoms with Gasteiger partial charge in [-0.3, -0.25) is 9.78 Å². The van der Waals surface area contributed by atoms with Gasteiger partial charge in [0.2, 0.25) is 0 Å². The fraction of sp³-hybridized carbons (Fsp3) is 0.379. The Bertz CT molecular complexity index is 1060. The molecule has 0 aliphatic heterocycles. The van der Waals surface area contributed by atoms with Crippen LogP contribution in [0.5, 0.6) is 5.75 Å². The van der Waals surface area contributed by atoms with E-state index in [0.717, 1.165) is 11.3 Å². The van der Waals surface area contributed by atoms with Gasteiger partial charge < -0.3 is 9.64 Å². The number of ether oxygens (including phenoxy) is 1. The summed E-state index contributed by atoms with van der Waals surface area (Å²) < 4.78 is 5.76. The maximum Gasteiger partial charge on any atom is 0.262 e. The molecule has 0 aliphatic carbocycles. The first kappa shape index (κ1) is 24.5. The van der Waals surface area contributed by atoms with Gasteiger partial charge in [-0.2, -0.15) is 0 Å². The number of aromatic nitrogens is 1. The molecule has 3 rings (SSSR count). The SMILES string of the molecule is CCOc1ccccc1C(=O)N(Cc1cc(C(C)(C)C)cc(C(C)(C)C)c1)c1cccnc1. The van der Waals surface area contributed by atoms with Gasteiger partial charge in [0.15, 0.2) is 0 Å². The Balaban J connectivity index is 2.10. The molecule has 0 atom stereocenters. The Morgan fingerprint density at radius 2 is 1.55 bits per heavy atom. The van der Waals surface area contributed by atoms with Crippen LogP contribution in [0.25, 0.3) is 0 Å². The van der Waals surface area contributed by atoms with Crippen molar-refractivity contribution in [1.82, 2.24) is 4.98 Å². The Kier molecular flexibility index (Phi) is 7.26. The Morgan fingerprint density at radius 1 is 0.909 bits per heavy atom. The van der Waals surface area contributed by atoms with Crippen molar-refractivity contribution in [2.75, 3.05) is 11.5 Å². The molecule has 0 saturated carbocycles. The van der Waals surface area contributed by atoms with E-state index in [-0.39, 0.29) is 16.7 Å². The van der Waals surface area contributed by atoms with Gasteiger partial charge in [0.25, 0.3) is 5.91 Å². The summed E-state index contributed by atoms with van der Waals surface area (Å²) >= 11 is 0. The standard InChI is InChI=1S/C29H36N2O2/c1-8-33-26-14-10-9-13-25(26)27(32)31(24-12-11-15-30-19-24)20-21-16-22(28(2,3)4)18-23(17-21)29(5,6)7/h9-19H,8,20H2,1-7H3. The third-order valence-corrected chi connectivity index (χ3v) is 5.69. The normalized spacial score (nSPS) is 11.8. The quantitative estimate of drug-likeness (QED) is 0.414. The van der Waals surface area contributed by atoms with Gasteiger partial charge in [-0.1, -0.05) is 71.9 Å². The van der Waals surface area contributed by atoms with Crippen molar-refractivity contribution in [3.05, 3.63) is 89.2 Å². The summed E-state index contributed by atoms with van der Waals surface area (Å²) in [5.74, 6) is 0.489. The van der Waals surface area contributed by atoms with Crippen LogP contribution in [0.3, 0.4) is 0 Å². The molecular weight excluding hydrogens is 408 g/mol. The second-order valence-corrected chi connectivity index (χ2v) is 10.5. The summed E-state index contributed by atoms with van der Waals surface area (Å²) in [5, 5.41) is 0. The van der Waals surface area contributed by atoms with Gasteiger partial charge in [-0.25, -0.2) is 0 Å². The third-order valence-electron chi connectivity index (χ3n) is 5.69. The van der Waals surface area contributed by atoms with E-state index < -0.39 is 0 Å². The number of pyridine rings is 1. The highest BCUT2D eigenvalue weighted by molar-refractivity contribution is 6.07. The summed E-state index contributed by atoms with van der Waals surface area (Å²) in [7, 11) is 0. The molecule has 0 saturated heterocycles. The van der Waals surface area contributed by atoms with E-state index in [4.69, 9.17) is 4.74 Å². The molecule has 174 valence electrons. The molecule has 33 heavy (non-hydrogen) atoms. The molecule has 0 aliphatic rings. The molecule has 1 heterocycles. The van der Waals surface area contributed by atoms with Crippen LogP contribution in [0, 0.1) is 0 Å². The number of nitrogens with zero attached hydrogens (tertiary/aromatic N) is 2. The number of para-hydroxylation sites is 1. The summed E-state index contributed by atoms with van der Waals surface area (Å²) in [6.45, 7) is 16.2. The summed E-state index contributed by atoms with van der Waals surface area (Å²) in [4.78, 5) is 19.9. The van der Waals surface area contributed by atoms with Crippen molar-refractivity contribution >= 4 is 11.6 Å². The van der Waals surface area contributed by atoms with Crippen molar-refractivity contribution in [3.63, 3.8) is 0 Å². The topological polar surface area (TPSA) is 42.4 Å². The largest absolute Gasteiger partial charge is 0.493 e. The van der Waals surface area contributed by atoms with E-state index in [1.807, 2.05) is 43.3 Å². The van der Waals surface area contributed by atoms with Crippen LogP contribution in [0.4, 0.5) is 5.69 Å². The lowest BCUT2D eigenvalue weighted by Crippen LogP contribution is -2.31. The van der Waals surface area contributed by atoms with Gasteiger partial charge >= 0.3 is 0 Å². The molecule has 4 nitrogen and oxygen atoms in total. The van der Waals surface area contributed by atoms with Crippen LogP contribution in [0.2, 0.25) is 0 Å². The molecular formula is C29H36N2O2. The van der Waals surface area contributed by atoms with E-state index >= 15 is 0 Å². The average molecular weight is 445 g/mol. The number of amides is 1. The molecule has 0 radical (unpaired) electrons. The van der Waals surface area contributed by atoms with Gasteiger partial charge in [-0.15, -0.1) is 0 Å². The van der Waals surface area contributed by atoms with Crippen molar-refractivity contribution < 1.29 is 9.53 Å². The number of carbonyl (C=O) groups excluding carboxylic acids is 1. The van der Waals surface area contributed by atoms with Crippen molar-refractivity contribution in [1.29, 1.82) is 0 Å². The lowest BCUT2D eigenvalue weighted by Gasteiger charge is -2.28. The van der Waals surface area contributed by atoms with E-state index in [2.05, 4.69) is 64.7 Å². The minimum atomic E-state index is -0.106. The molecule has 1 amide bonds. The van der Waals surface area contributed by atoms with Crippen molar-refractivity contribution in [2.24, 2.45) is 0 Å². The first-order chi connectivity index (χ1) is 15.5. The third kappa shape index (κ3) is 6.01. The highest BCUT2D eigenvalue weighted by Crippen LogP contribution is 2.32. The van der Waals surface area contributed by atoms with Crippen LogP contribution in [0.1, 0.15) is 75.5 Å². The zero-order chi connectivity index (χ0) is 24.2. The zero-order valence-electron chi connectivity index (χ0n) is 21.0. The number of hydrogen-bond donors (Lipinski definition) is 0. The molecule has 0 fully saturated rings. The Hall–Kier alpha value is -3.14. The second kappa shape index (κ2) is 9.78. The average Bonchev–Trinajstić information content (AvgIpc) is 2.77. The lowest BCUT2D eigenvalue weighted by molar-refractivity contribution is 0.0981. The highest BCUT2D eigenvalue weighted by Gasteiger charge is 2.25. The van der Waals surface area contributed by atoms with E-state index in [1.165, 1.54) is 11.1 Å². The van der Waals surface area contributed by atoms with Crippen LogP contribution in [-0.4, -0.2) is 17.5 Å². The lowest BCUT2D eigenvalue weighted by atomic mass is 9.79. The first-order valence-electron chi connectivity index (χ1n) is 11.6. The zero-order valence-corrected chi connectivity index (χ0v) is 21.0. The summed E-state index contributed by atoms with van der Waals surface area (Å²) in [6.07, 6.45) is 3.46. The fourth-order valence-electron chi connectivity index (χ4n) is 3.70. The molecule has 0 N–H and O–H groups in total. The molecule has 0 bridgehead atoms. The van der Waals surface area contributed by atoms with Crippen LogP contribution in [0.15, 0.2) is 67.0 Å². The van der Waals surface area contributed by atoms with Crippen LogP contribution < -0.4 is 9.64 Å². The maximum atomic E-state index is 13.8. The molecule has 1 aromatic heterocycles. The van der Waals surface area contributed by atoms with Gasteiger partial charge in [-0.05, 0) is 58.7 Å². The number of benzene rings is 2. The van der Waals surface area contributed by atoms with E-state index in [1.54, 1.807) is 17.3 Å². The smallest absolute Gasteiger partial charge is 0.262 e. The van der Waals surface area contributed by atoms with Crippen LogP contribution in [-0.2, 0) is 17.4 Å². The second-order valence-electron chi connectivity index (χ2n) is 10.5. The number of hydrogen-bond acceptors (Lipinski definition) is 3. The summed E-state index contributed by atoms with van der Waals surface area (Å²) in [6, 6.07) is 17.9. The van der Waals surface area contributed by atoms with Crippen molar-refractivity contribution in [3.8, 4) is 5.75 Å². The van der Waals surface area contributed by atoms with Gasteiger partial charge in [0, 0.05) is 6.20 Å². The highest BCUT2D eigenvalue weighted by atomic mass is 16.5. The number of carbonyl (C=O) groups is 1. The molecule has 0 unspecified atom stereocenters. The minimum absolute atomic E-state index is 0.000711. The predicted molar refractivity (Wildman–Crippen MR) is 136 cm³/mol. The molecule has 4 heteroatoms. The van der Waals surface area contributed by atoms with Gasteiger partial charge in [0.1, 0.15) is 5.75 Å². The monoisotopic (exact) mass is 444 g/mol. The van der Waals surface area contributed by atoms with E-state index in [9.17, 15) is 4.79 Å². The molecule has 2 aromatic carbocycles. The first-order valence-corrected chi connectivity index (χ1v) is 11.6. The molecule has 3 aromatic rings. The fourth-order valence-corrected chi connectivity index (χ4v) is 3.70. The molecule has 0 spiro atoms. The Labute approximate surface area is 198 Å². The number of anilines is 1. The predicted octanol–water partition coefficient (Wildman–Crippen LogP) is 6.92. The number of rotatable bonds is 6. The van der Waals surface area contributed by atoms with Gasteiger partial charge in [0.05, 0.1) is 30.6 Å². The minimum Gasteiger partial charge on any atom is -0.493 e. The van der Waals surface area contributed by atoms with E-state index in [0.29, 0.717) is 24.5 Å². The van der Waals surface area contributed by atoms with Crippen LogP contribution >= 0.6 is 0 Å². The summed E-state index contributed by atoms with van der Waals surface area (Å²) in [5.41, 5.74) is 4.93.